The molecule has 0 aliphatic rings. The summed E-state index contributed by atoms with van der Waals surface area (Å²) in [6.07, 6.45) is 2.78. The summed E-state index contributed by atoms with van der Waals surface area (Å²) in [5, 5.41) is 3.02. The smallest absolute Gasteiger partial charge is 0.331 e. The largest absolute Gasteiger partial charge is 0.496 e. The molecule has 0 atom stereocenters. The van der Waals surface area contributed by atoms with Gasteiger partial charge in [-0.3, -0.25) is 4.79 Å². The van der Waals surface area contributed by atoms with Gasteiger partial charge in [-0.2, -0.15) is 0 Å². The second-order valence-corrected chi connectivity index (χ2v) is 5.51. The van der Waals surface area contributed by atoms with Gasteiger partial charge < -0.3 is 19.5 Å². The first kappa shape index (κ1) is 19.3. The Morgan fingerprint density at radius 1 is 1.08 bits per heavy atom. The zero-order valence-electron chi connectivity index (χ0n) is 14.3. The Bertz CT molecular complexity index is 819. The molecule has 2 aromatic carbocycles. The predicted molar refractivity (Wildman–Crippen MR) is 99.6 cm³/mol. The lowest BCUT2D eigenvalue weighted by molar-refractivity contribution is -0.142. The third-order valence-corrected chi connectivity index (χ3v) is 3.55. The monoisotopic (exact) mass is 375 g/mol. The van der Waals surface area contributed by atoms with Crippen molar-refractivity contribution in [2.75, 3.05) is 26.1 Å². The topological polar surface area (TPSA) is 73.9 Å². The van der Waals surface area contributed by atoms with Crippen molar-refractivity contribution < 1.29 is 23.8 Å². The molecule has 0 saturated heterocycles. The fourth-order valence-corrected chi connectivity index (χ4v) is 2.28. The first-order chi connectivity index (χ1) is 12.5. The minimum absolute atomic E-state index is 0.394. The Balaban J connectivity index is 1.90. The van der Waals surface area contributed by atoms with E-state index in [0.717, 1.165) is 5.56 Å². The van der Waals surface area contributed by atoms with Gasteiger partial charge in [-0.05, 0) is 30.3 Å². The first-order valence-corrected chi connectivity index (χ1v) is 8.02. The Morgan fingerprint density at radius 3 is 2.54 bits per heavy atom. The molecule has 6 nitrogen and oxygen atoms in total. The van der Waals surface area contributed by atoms with Gasteiger partial charge in [0.15, 0.2) is 6.61 Å². The van der Waals surface area contributed by atoms with E-state index in [0.29, 0.717) is 22.2 Å². The van der Waals surface area contributed by atoms with Crippen LogP contribution in [0.1, 0.15) is 5.56 Å². The molecular weight excluding hydrogens is 358 g/mol. The van der Waals surface area contributed by atoms with Crippen LogP contribution in [-0.2, 0) is 14.3 Å². The molecule has 0 aliphatic heterocycles. The summed E-state index contributed by atoms with van der Waals surface area (Å²) in [7, 11) is 3.01. The van der Waals surface area contributed by atoms with Crippen LogP contribution in [0.4, 0.5) is 5.69 Å². The summed E-state index contributed by atoms with van der Waals surface area (Å²) in [6, 6.07) is 12.0. The molecular formula is C19H18ClNO5. The Morgan fingerprint density at radius 2 is 1.81 bits per heavy atom. The Labute approximate surface area is 156 Å². The highest BCUT2D eigenvalue weighted by Gasteiger charge is 2.10. The first-order valence-electron chi connectivity index (χ1n) is 7.64. The molecule has 2 rings (SSSR count). The molecule has 0 fully saturated rings. The van der Waals surface area contributed by atoms with E-state index in [4.69, 9.17) is 25.8 Å². The molecule has 1 N–H and O–H groups in total. The highest BCUT2D eigenvalue weighted by Crippen LogP contribution is 2.27. The summed E-state index contributed by atoms with van der Waals surface area (Å²) in [4.78, 5) is 23.7. The van der Waals surface area contributed by atoms with Gasteiger partial charge in [0.2, 0.25) is 0 Å². The van der Waals surface area contributed by atoms with E-state index in [-0.39, 0.29) is 0 Å². The number of benzene rings is 2. The van der Waals surface area contributed by atoms with Crippen molar-refractivity contribution in [2.45, 2.75) is 0 Å². The Kier molecular flexibility index (Phi) is 7.05. The van der Waals surface area contributed by atoms with Crippen LogP contribution in [0.2, 0.25) is 5.02 Å². The number of halogens is 1. The number of methoxy groups -OCH3 is 2. The van der Waals surface area contributed by atoms with Crippen LogP contribution < -0.4 is 14.8 Å². The van der Waals surface area contributed by atoms with E-state index in [1.54, 1.807) is 43.5 Å². The van der Waals surface area contributed by atoms with Crippen molar-refractivity contribution in [3.8, 4) is 11.5 Å². The zero-order valence-corrected chi connectivity index (χ0v) is 15.1. The maximum absolute atomic E-state index is 11.9. The molecule has 1 amide bonds. The van der Waals surface area contributed by atoms with Gasteiger partial charge in [-0.15, -0.1) is 0 Å². The van der Waals surface area contributed by atoms with Crippen molar-refractivity contribution in [3.05, 3.63) is 59.1 Å². The molecule has 0 heterocycles. The van der Waals surface area contributed by atoms with Crippen LogP contribution in [0, 0.1) is 0 Å². The lowest BCUT2D eigenvalue weighted by Gasteiger charge is -2.10. The number of amides is 1. The standard InChI is InChI=1S/C19H18ClNO5/c1-24-16-6-4-3-5-13(16)7-10-19(23)26-12-18(22)21-15-11-14(20)8-9-17(15)25-2/h3-11H,12H2,1-2H3,(H,21,22)/b10-7+. The Hall–Kier alpha value is -2.99. The number of para-hydroxylation sites is 1. The van der Waals surface area contributed by atoms with E-state index in [2.05, 4.69) is 5.32 Å². The number of hydrogen-bond acceptors (Lipinski definition) is 5. The fourth-order valence-electron chi connectivity index (χ4n) is 2.11. The maximum atomic E-state index is 11.9. The lowest BCUT2D eigenvalue weighted by atomic mass is 10.2. The average Bonchev–Trinajstić information content (AvgIpc) is 2.65. The van der Waals surface area contributed by atoms with Gasteiger partial charge in [0.05, 0.1) is 19.9 Å². The number of esters is 1. The van der Waals surface area contributed by atoms with Crippen molar-refractivity contribution in [2.24, 2.45) is 0 Å². The van der Waals surface area contributed by atoms with Gasteiger partial charge in [0.1, 0.15) is 11.5 Å². The van der Waals surface area contributed by atoms with Crippen LogP contribution in [0.25, 0.3) is 6.08 Å². The molecule has 0 aromatic heterocycles. The second kappa shape index (κ2) is 9.48. The summed E-state index contributed by atoms with van der Waals surface area (Å²) in [5.41, 5.74) is 1.12. The average molecular weight is 376 g/mol. The summed E-state index contributed by atoms with van der Waals surface area (Å²) in [6.45, 7) is -0.440. The predicted octanol–water partition coefficient (Wildman–Crippen LogP) is 3.55. The third-order valence-electron chi connectivity index (χ3n) is 3.32. The number of rotatable bonds is 7. The number of ether oxygens (including phenoxy) is 3. The van der Waals surface area contributed by atoms with Crippen LogP contribution in [0.5, 0.6) is 11.5 Å². The SMILES string of the molecule is COc1ccccc1/C=C/C(=O)OCC(=O)Nc1cc(Cl)ccc1OC. The molecule has 0 bridgehead atoms. The third kappa shape index (κ3) is 5.53. The number of hydrogen-bond donors (Lipinski definition) is 1. The minimum Gasteiger partial charge on any atom is -0.496 e. The van der Waals surface area contributed by atoms with E-state index in [1.807, 2.05) is 12.1 Å². The minimum atomic E-state index is -0.649. The molecule has 26 heavy (non-hydrogen) atoms. The quantitative estimate of drug-likeness (QED) is 0.591. The van der Waals surface area contributed by atoms with Crippen LogP contribution >= 0.6 is 11.6 Å². The van der Waals surface area contributed by atoms with Crippen LogP contribution in [0.15, 0.2) is 48.5 Å². The number of anilines is 1. The molecule has 2 aromatic rings. The molecule has 7 heteroatoms. The second-order valence-electron chi connectivity index (χ2n) is 5.08. The lowest BCUT2D eigenvalue weighted by Crippen LogP contribution is -2.20. The van der Waals surface area contributed by atoms with Crippen molar-refractivity contribution in [1.29, 1.82) is 0 Å². The fraction of sp³-hybridized carbons (Fsp3) is 0.158. The van der Waals surface area contributed by atoms with E-state index < -0.39 is 18.5 Å². The van der Waals surface area contributed by atoms with Crippen LogP contribution in [0.3, 0.4) is 0 Å². The molecule has 0 unspecified atom stereocenters. The summed E-state index contributed by atoms with van der Waals surface area (Å²) >= 11 is 5.90. The van der Waals surface area contributed by atoms with Crippen molar-refractivity contribution in [3.63, 3.8) is 0 Å². The number of carbonyl (C=O) groups is 2. The molecule has 136 valence electrons. The molecule has 0 spiro atoms. The summed E-state index contributed by atoms with van der Waals surface area (Å²) < 4.78 is 15.2. The van der Waals surface area contributed by atoms with E-state index in [1.165, 1.54) is 13.2 Å². The normalized spacial score (nSPS) is 10.4. The van der Waals surface area contributed by atoms with Gasteiger partial charge in [-0.25, -0.2) is 4.79 Å². The van der Waals surface area contributed by atoms with Crippen molar-refractivity contribution >= 4 is 35.2 Å². The van der Waals surface area contributed by atoms with E-state index >= 15 is 0 Å². The number of carbonyl (C=O) groups excluding carboxylic acids is 2. The van der Waals surface area contributed by atoms with E-state index in [9.17, 15) is 9.59 Å². The van der Waals surface area contributed by atoms with Gasteiger partial charge in [-0.1, -0.05) is 29.8 Å². The molecule has 0 saturated carbocycles. The summed E-state index contributed by atoms with van der Waals surface area (Å²) in [5.74, 6) is -0.0822. The molecule has 0 aliphatic carbocycles. The van der Waals surface area contributed by atoms with Gasteiger partial charge >= 0.3 is 5.97 Å². The highest BCUT2D eigenvalue weighted by atomic mass is 35.5. The van der Waals surface area contributed by atoms with Crippen LogP contribution in [-0.4, -0.2) is 32.7 Å². The maximum Gasteiger partial charge on any atom is 0.331 e. The highest BCUT2D eigenvalue weighted by molar-refractivity contribution is 6.31. The van der Waals surface area contributed by atoms with Gasteiger partial charge in [0, 0.05) is 16.7 Å². The molecule has 0 radical (unpaired) electrons. The van der Waals surface area contributed by atoms with Crippen molar-refractivity contribution in [1.82, 2.24) is 0 Å². The van der Waals surface area contributed by atoms with Gasteiger partial charge in [0.25, 0.3) is 5.91 Å². The zero-order chi connectivity index (χ0) is 18.9. The number of nitrogens with one attached hydrogen (secondary N) is 1.